The minimum absolute atomic E-state index is 0.300. The van der Waals surface area contributed by atoms with Crippen LogP contribution >= 0.6 is 0 Å². The summed E-state index contributed by atoms with van der Waals surface area (Å²) in [5, 5.41) is 14.0. The first kappa shape index (κ1) is 15.7. The predicted octanol–water partition coefficient (Wildman–Crippen LogP) is 1.49. The summed E-state index contributed by atoms with van der Waals surface area (Å²) in [5.74, 6) is -3.35. The monoisotopic (exact) mass is 278 g/mol. The minimum Gasteiger partial charge on any atom is -0.481 e. The molecule has 0 aliphatic rings. The van der Waals surface area contributed by atoms with Crippen molar-refractivity contribution in [1.29, 1.82) is 0 Å². The fourth-order valence-corrected chi connectivity index (χ4v) is 1.48. The highest BCUT2D eigenvalue weighted by Gasteiger charge is 2.22. The number of carbonyl (C=O) groups is 3. The maximum Gasteiger partial charge on any atom is 0.315 e. The molecule has 0 spiro atoms. The zero-order chi connectivity index (χ0) is 15.1. The van der Waals surface area contributed by atoms with Crippen LogP contribution in [0, 0.1) is 5.92 Å². The Morgan fingerprint density at radius 2 is 1.90 bits per heavy atom. The van der Waals surface area contributed by atoms with Crippen LogP contribution in [0.4, 0.5) is 5.69 Å². The Morgan fingerprint density at radius 3 is 2.50 bits per heavy atom. The number of hydrogen-bond donors (Lipinski definition) is 3. The number of para-hydroxylation sites is 1. The molecule has 1 aromatic rings. The number of nitrogens with one attached hydrogen (secondary N) is 2. The lowest BCUT2D eigenvalue weighted by Gasteiger charge is -2.12. The van der Waals surface area contributed by atoms with Crippen molar-refractivity contribution in [2.75, 3.05) is 11.9 Å². The lowest BCUT2D eigenvalue weighted by molar-refractivity contribution is -0.144. The van der Waals surface area contributed by atoms with Gasteiger partial charge in [-0.05, 0) is 25.5 Å². The van der Waals surface area contributed by atoms with E-state index < -0.39 is 17.8 Å². The Morgan fingerprint density at radius 1 is 1.25 bits per heavy atom. The van der Waals surface area contributed by atoms with E-state index in [0.717, 1.165) is 6.42 Å². The molecule has 0 aromatic heterocycles. The molecule has 20 heavy (non-hydrogen) atoms. The zero-order valence-electron chi connectivity index (χ0n) is 11.5. The van der Waals surface area contributed by atoms with E-state index in [1.54, 1.807) is 24.3 Å². The van der Waals surface area contributed by atoms with Crippen LogP contribution in [0.5, 0.6) is 0 Å². The van der Waals surface area contributed by atoms with Crippen molar-refractivity contribution in [3.63, 3.8) is 0 Å². The Hall–Kier alpha value is -2.37. The third kappa shape index (κ3) is 4.08. The lowest BCUT2D eigenvalue weighted by atomic mass is 10.1. The van der Waals surface area contributed by atoms with Crippen molar-refractivity contribution in [3.05, 3.63) is 29.8 Å². The van der Waals surface area contributed by atoms with Crippen LogP contribution < -0.4 is 10.6 Å². The summed E-state index contributed by atoms with van der Waals surface area (Å²) in [4.78, 5) is 34.4. The van der Waals surface area contributed by atoms with Crippen molar-refractivity contribution in [2.45, 2.75) is 20.3 Å². The molecule has 1 atom stereocenters. The van der Waals surface area contributed by atoms with Gasteiger partial charge in [0.2, 0.25) is 5.91 Å². The van der Waals surface area contributed by atoms with Crippen molar-refractivity contribution in [1.82, 2.24) is 5.32 Å². The smallest absolute Gasteiger partial charge is 0.315 e. The molecule has 0 radical (unpaired) electrons. The maximum atomic E-state index is 11.9. The number of carbonyl (C=O) groups excluding carboxylic acids is 2. The van der Waals surface area contributed by atoms with Gasteiger partial charge in [0, 0.05) is 6.54 Å². The summed E-state index contributed by atoms with van der Waals surface area (Å²) >= 11 is 0. The molecule has 1 aromatic carbocycles. The fraction of sp³-hybridized carbons (Fsp3) is 0.357. The van der Waals surface area contributed by atoms with Gasteiger partial charge in [-0.2, -0.15) is 0 Å². The Kier molecular flexibility index (Phi) is 5.71. The Bertz CT molecular complexity index is 514. The molecule has 0 saturated heterocycles. The number of anilines is 1. The molecule has 6 nitrogen and oxygen atoms in total. The van der Waals surface area contributed by atoms with E-state index >= 15 is 0 Å². The first-order chi connectivity index (χ1) is 9.47. The molecule has 3 N–H and O–H groups in total. The number of carboxylic acid groups (broad SMARTS) is 1. The molecule has 108 valence electrons. The van der Waals surface area contributed by atoms with Gasteiger partial charge in [-0.3, -0.25) is 14.4 Å². The van der Waals surface area contributed by atoms with E-state index in [0.29, 0.717) is 17.8 Å². The number of benzene rings is 1. The van der Waals surface area contributed by atoms with E-state index in [1.807, 2.05) is 6.92 Å². The molecular weight excluding hydrogens is 260 g/mol. The third-order valence-electron chi connectivity index (χ3n) is 2.73. The standard InChI is InChI=1S/C14H18N2O4/c1-3-8-15-13(18)10-6-4-5-7-11(10)16-12(17)9(2)14(19)20/h4-7,9H,3,8H2,1-2H3,(H,15,18)(H,16,17)(H,19,20). The fourth-order valence-electron chi connectivity index (χ4n) is 1.48. The van der Waals surface area contributed by atoms with Gasteiger partial charge in [-0.15, -0.1) is 0 Å². The minimum atomic E-state index is -1.21. The zero-order valence-corrected chi connectivity index (χ0v) is 11.5. The van der Waals surface area contributed by atoms with Crippen LogP contribution in [0.2, 0.25) is 0 Å². The first-order valence-electron chi connectivity index (χ1n) is 6.38. The molecular formula is C14H18N2O4. The summed E-state index contributed by atoms with van der Waals surface area (Å²) in [6.07, 6.45) is 0.802. The maximum absolute atomic E-state index is 11.9. The Labute approximate surface area is 117 Å². The summed E-state index contributed by atoms with van der Waals surface area (Å²) in [5.41, 5.74) is 0.617. The van der Waals surface area contributed by atoms with E-state index in [2.05, 4.69) is 10.6 Å². The second kappa shape index (κ2) is 7.28. The van der Waals surface area contributed by atoms with Gasteiger partial charge in [-0.1, -0.05) is 19.1 Å². The predicted molar refractivity (Wildman–Crippen MR) is 74.5 cm³/mol. The molecule has 6 heteroatoms. The van der Waals surface area contributed by atoms with Gasteiger partial charge < -0.3 is 15.7 Å². The molecule has 2 amide bonds. The van der Waals surface area contributed by atoms with E-state index in [1.165, 1.54) is 6.92 Å². The number of amides is 2. The van der Waals surface area contributed by atoms with Gasteiger partial charge in [0.05, 0.1) is 11.3 Å². The highest BCUT2D eigenvalue weighted by Crippen LogP contribution is 2.16. The topological polar surface area (TPSA) is 95.5 Å². The van der Waals surface area contributed by atoms with Crippen LogP contribution in [0.1, 0.15) is 30.6 Å². The quantitative estimate of drug-likeness (QED) is 0.687. The molecule has 1 unspecified atom stereocenters. The highest BCUT2D eigenvalue weighted by atomic mass is 16.4. The number of aliphatic carboxylic acids is 1. The molecule has 0 bridgehead atoms. The van der Waals surface area contributed by atoms with Crippen LogP contribution in [-0.4, -0.2) is 29.4 Å². The highest BCUT2D eigenvalue weighted by molar-refractivity contribution is 6.08. The molecule has 0 aliphatic heterocycles. The number of hydrogen-bond acceptors (Lipinski definition) is 3. The van der Waals surface area contributed by atoms with Gasteiger partial charge in [0.25, 0.3) is 5.91 Å². The van der Waals surface area contributed by atoms with Crippen molar-refractivity contribution in [3.8, 4) is 0 Å². The van der Waals surface area contributed by atoms with Crippen molar-refractivity contribution in [2.24, 2.45) is 5.92 Å². The number of rotatable bonds is 6. The summed E-state index contributed by atoms with van der Waals surface area (Å²) < 4.78 is 0. The normalized spacial score (nSPS) is 11.5. The summed E-state index contributed by atoms with van der Waals surface area (Å²) in [6.45, 7) is 3.76. The first-order valence-corrected chi connectivity index (χ1v) is 6.38. The van der Waals surface area contributed by atoms with Gasteiger partial charge in [0.1, 0.15) is 5.92 Å². The van der Waals surface area contributed by atoms with E-state index in [9.17, 15) is 14.4 Å². The Balaban J connectivity index is 2.88. The van der Waals surface area contributed by atoms with Gasteiger partial charge in [0.15, 0.2) is 0 Å². The number of carboxylic acids is 1. The third-order valence-corrected chi connectivity index (χ3v) is 2.73. The summed E-state index contributed by atoms with van der Waals surface area (Å²) in [6, 6.07) is 6.48. The molecule has 1 rings (SSSR count). The van der Waals surface area contributed by atoms with Crippen LogP contribution in [-0.2, 0) is 9.59 Å². The SMILES string of the molecule is CCCNC(=O)c1ccccc1NC(=O)C(C)C(=O)O. The van der Waals surface area contributed by atoms with Crippen LogP contribution in [0.3, 0.4) is 0 Å². The van der Waals surface area contributed by atoms with Crippen LogP contribution in [0.15, 0.2) is 24.3 Å². The second-order valence-electron chi connectivity index (χ2n) is 4.35. The van der Waals surface area contributed by atoms with Crippen molar-refractivity contribution < 1.29 is 19.5 Å². The van der Waals surface area contributed by atoms with E-state index in [-0.39, 0.29) is 5.91 Å². The average Bonchev–Trinajstić information content (AvgIpc) is 2.44. The molecule has 0 heterocycles. The second-order valence-corrected chi connectivity index (χ2v) is 4.35. The average molecular weight is 278 g/mol. The van der Waals surface area contributed by atoms with E-state index in [4.69, 9.17) is 5.11 Å². The summed E-state index contributed by atoms with van der Waals surface area (Å²) in [7, 11) is 0. The van der Waals surface area contributed by atoms with Gasteiger partial charge >= 0.3 is 5.97 Å². The molecule has 0 saturated carbocycles. The van der Waals surface area contributed by atoms with Gasteiger partial charge in [-0.25, -0.2) is 0 Å². The van der Waals surface area contributed by atoms with Crippen LogP contribution in [0.25, 0.3) is 0 Å². The molecule has 0 fully saturated rings. The lowest BCUT2D eigenvalue weighted by Crippen LogP contribution is -2.29. The molecule has 0 aliphatic carbocycles. The largest absolute Gasteiger partial charge is 0.481 e. The van der Waals surface area contributed by atoms with Crippen molar-refractivity contribution >= 4 is 23.5 Å².